The van der Waals surface area contributed by atoms with Gasteiger partial charge in [0, 0.05) is 23.1 Å². The lowest BCUT2D eigenvalue weighted by atomic mass is 10.2. The van der Waals surface area contributed by atoms with Crippen LogP contribution in [0.3, 0.4) is 0 Å². The summed E-state index contributed by atoms with van der Waals surface area (Å²) >= 11 is 3.35. The van der Waals surface area contributed by atoms with Gasteiger partial charge in [0.05, 0.1) is 13.1 Å². The molecular formula is C14H16BrFN4O. The summed E-state index contributed by atoms with van der Waals surface area (Å²) < 4.78 is 19.6. The first-order chi connectivity index (χ1) is 10.1. The molecule has 0 spiro atoms. The highest BCUT2D eigenvalue weighted by Gasteiger charge is 2.13. The Hall–Kier alpha value is -1.57. The zero-order valence-corrected chi connectivity index (χ0v) is 13.0. The largest absolute Gasteiger partial charge is 0.338 e. The molecule has 0 atom stereocenters. The molecule has 0 aliphatic heterocycles. The summed E-state index contributed by atoms with van der Waals surface area (Å²) in [5.41, 5.74) is 6.02. The van der Waals surface area contributed by atoms with Crippen molar-refractivity contribution in [3.05, 3.63) is 58.4 Å². The van der Waals surface area contributed by atoms with Gasteiger partial charge in [-0.25, -0.2) is 4.39 Å². The smallest absolute Gasteiger partial charge is 0.240 e. The van der Waals surface area contributed by atoms with E-state index in [0.29, 0.717) is 36.9 Å². The Bertz CT molecular complexity index is 617. The lowest BCUT2D eigenvalue weighted by Crippen LogP contribution is -2.24. The first-order valence-corrected chi connectivity index (χ1v) is 7.20. The number of hydrogen-bond acceptors (Lipinski definition) is 5. The Balaban J connectivity index is 2.11. The Morgan fingerprint density at radius 1 is 1.43 bits per heavy atom. The van der Waals surface area contributed by atoms with Gasteiger partial charge < -0.3 is 10.3 Å². The second-order valence-corrected chi connectivity index (χ2v) is 5.42. The van der Waals surface area contributed by atoms with Crippen LogP contribution in [0.1, 0.15) is 17.3 Å². The van der Waals surface area contributed by atoms with E-state index in [2.05, 4.69) is 32.6 Å². The number of hydrogen-bond donors (Lipinski definition) is 1. The number of halogens is 2. The average Bonchev–Trinajstić information content (AvgIpc) is 2.91. The molecule has 2 rings (SSSR count). The van der Waals surface area contributed by atoms with Crippen LogP contribution >= 0.6 is 15.9 Å². The molecule has 112 valence electrons. The van der Waals surface area contributed by atoms with Crippen molar-refractivity contribution in [2.75, 3.05) is 6.54 Å². The van der Waals surface area contributed by atoms with Crippen LogP contribution in [0.2, 0.25) is 0 Å². The van der Waals surface area contributed by atoms with Gasteiger partial charge in [0.2, 0.25) is 5.89 Å². The van der Waals surface area contributed by atoms with Crippen LogP contribution in [-0.4, -0.2) is 21.6 Å². The van der Waals surface area contributed by atoms with Crippen molar-refractivity contribution < 1.29 is 8.91 Å². The third-order valence-corrected chi connectivity index (χ3v) is 3.33. The van der Waals surface area contributed by atoms with E-state index in [1.54, 1.807) is 18.2 Å². The quantitative estimate of drug-likeness (QED) is 0.774. The van der Waals surface area contributed by atoms with Crippen LogP contribution in [0.4, 0.5) is 4.39 Å². The van der Waals surface area contributed by atoms with Crippen molar-refractivity contribution >= 4 is 15.9 Å². The van der Waals surface area contributed by atoms with Crippen LogP contribution in [-0.2, 0) is 19.6 Å². The molecule has 0 saturated heterocycles. The van der Waals surface area contributed by atoms with E-state index in [9.17, 15) is 4.39 Å². The van der Waals surface area contributed by atoms with Crippen LogP contribution in [0.25, 0.3) is 0 Å². The molecule has 2 aromatic rings. The van der Waals surface area contributed by atoms with Gasteiger partial charge in [0.1, 0.15) is 5.82 Å². The fraction of sp³-hybridized carbons (Fsp3) is 0.286. The van der Waals surface area contributed by atoms with Crippen LogP contribution < -0.4 is 5.73 Å². The van der Waals surface area contributed by atoms with Gasteiger partial charge in [-0.15, -0.1) is 6.58 Å². The molecule has 0 amide bonds. The Kier molecular flexibility index (Phi) is 5.60. The van der Waals surface area contributed by atoms with Gasteiger partial charge in [-0.05, 0) is 18.2 Å². The predicted molar refractivity (Wildman–Crippen MR) is 80.6 cm³/mol. The highest BCUT2D eigenvalue weighted by molar-refractivity contribution is 9.10. The topological polar surface area (TPSA) is 68.2 Å². The monoisotopic (exact) mass is 354 g/mol. The zero-order chi connectivity index (χ0) is 15.2. The second-order valence-electron chi connectivity index (χ2n) is 4.50. The minimum atomic E-state index is -0.247. The van der Waals surface area contributed by atoms with E-state index < -0.39 is 0 Å². The summed E-state index contributed by atoms with van der Waals surface area (Å²) in [7, 11) is 0. The van der Waals surface area contributed by atoms with Crippen molar-refractivity contribution in [1.29, 1.82) is 0 Å². The molecular weight excluding hydrogens is 339 g/mol. The van der Waals surface area contributed by atoms with E-state index in [0.717, 1.165) is 4.47 Å². The summed E-state index contributed by atoms with van der Waals surface area (Å²) in [6, 6.07) is 4.86. The molecule has 1 aromatic carbocycles. The number of nitrogens with zero attached hydrogens (tertiary/aromatic N) is 3. The molecule has 5 nitrogen and oxygen atoms in total. The van der Waals surface area contributed by atoms with E-state index in [4.69, 9.17) is 10.3 Å². The highest BCUT2D eigenvalue weighted by Crippen LogP contribution is 2.18. The van der Waals surface area contributed by atoms with Crippen molar-refractivity contribution in [2.24, 2.45) is 5.73 Å². The predicted octanol–water partition coefficient (Wildman–Crippen LogP) is 2.62. The van der Waals surface area contributed by atoms with Crippen LogP contribution in [0.5, 0.6) is 0 Å². The van der Waals surface area contributed by atoms with E-state index in [-0.39, 0.29) is 12.4 Å². The molecule has 21 heavy (non-hydrogen) atoms. The maximum atomic E-state index is 13.8. The van der Waals surface area contributed by atoms with Gasteiger partial charge >= 0.3 is 0 Å². The molecule has 0 aliphatic rings. The van der Waals surface area contributed by atoms with Gasteiger partial charge in [-0.1, -0.05) is 27.2 Å². The fourth-order valence-electron chi connectivity index (χ4n) is 1.91. The van der Waals surface area contributed by atoms with Gasteiger partial charge in [0.15, 0.2) is 5.82 Å². The molecule has 0 bridgehead atoms. The average molecular weight is 355 g/mol. The van der Waals surface area contributed by atoms with E-state index >= 15 is 0 Å². The SMILES string of the molecule is C=CCN(Cc1noc(CN)n1)Cc1cc(Br)ccc1F. The Morgan fingerprint density at radius 2 is 2.24 bits per heavy atom. The molecule has 0 saturated carbocycles. The number of benzene rings is 1. The molecule has 1 aromatic heterocycles. The lowest BCUT2D eigenvalue weighted by molar-refractivity contribution is 0.268. The zero-order valence-electron chi connectivity index (χ0n) is 11.4. The summed E-state index contributed by atoms with van der Waals surface area (Å²) in [5, 5.41) is 3.85. The molecule has 1 heterocycles. The van der Waals surface area contributed by atoms with E-state index in [1.807, 2.05) is 4.90 Å². The lowest BCUT2D eigenvalue weighted by Gasteiger charge is -2.19. The Morgan fingerprint density at radius 3 is 2.90 bits per heavy atom. The highest BCUT2D eigenvalue weighted by atomic mass is 79.9. The summed E-state index contributed by atoms with van der Waals surface area (Å²) in [6.07, 6.45) is 1.75. The summed E-state index contributed by atoms with van der Waals surface area (Å²) in [5.74, 6) is 0.660. The molecule has 7 heteroatoms. The minimum Gasteiger partial charge on any atom is -0.338 e. The molecule has 2 N–H and O–H groups in total. The van der Waals surface area contributed by atoms with Gasteiger partial charge in [-0.3, -0.25) is 4.90 Å². The molecule has 0 unspecified atom stereocenters. The van der Waals surface area contributed by atoms with Crippen LogP contribution in [0, 0.1) is 5.82 Å². The summed E-state index contributed by atoms with van der Waals surface area (Å²) in [6.45, 7) is 5.35. The first-order valence-electron chi connectivity index (χ1n) is 6.41. The van der Waals surface area contributed by atoms with Gasteiger partial charge in [-0.2, -0.15) is 4.98 Å². The third kappa shape index (κ3) is 4.45. The fourth-order valence-corrected chi connectivity index (χ4v) is 2.32. The van der Waals surface area contributed by atoms with Crippen molar-refractivity contribution in [3.63, 3.8) is 0 Å². The van der Waals surface area contributed by atoms with Gasteiger partial charge in [0.25, 0.3) is 0 Å². The second kappa shape index (κ2) is 7.44. The van der Waals surface area contributed by atoms with Crippen LogP contribution in [0.15, 0.2) is 39.8 Å². The van der Waals surface area contributed by atoms with E-state index in [1.165, 1.54) is 6.07 Å². The minimum absolute atomic E-state index is 0.203. The molecule has 0 radical (unpaired) electrons. The maximum absolute atomic E-state index is 13.8. The normalized spacial score (nSPS) is 11.0. The number of nitrogens with two attached hydrogens (primary N) is 1. The maximum Gasteiger partial charge on any atom is 0.240 e. The number of rotatable bonds is 7. The third-order valence-electron chi connectivity index (χ3n) is 2.84. The van der Waals surface area contributed by atoms with Crippen molar-refractivity contribution in [3.8, 4) is 0 Å². The molecule has 0 fully saturated rings. The Labute approximate surface area is 130 Å². The number of aromatic nitrogens is 2. The summed E-state index contributed by atoms with van der Waals surface area (Å²) in [4.78, 5) is 6.11. The first kappa shape index (κ1) is 15.8. The standard InChI is InChI=1S/C14H16BrFN4O/c1-2-5-20(9-13-18-14(7-17)21-19-13)8-10-6-11(15)3-4-12(10)16/h2-4,6H,1,5,7-9,17H2. The molecule has 0 aliphatic carbocycles. The van der Waals surface area contributed by atoms with Crippen molar-refractivity contribution in [1.82, 2.24) is 15.0 Å². The van der Waals surface area contributed by atoms with Crippen molar-refractivity contribution in [2.45, 2.75) is 19.6 Å².